The van der Waals surface area contributed by atoms with Crippen LogP contribution in [-0.2, 0) is 0 Å². The van der Waals surface area contributed by atoms with Gasteiger partial charge in [-0.3, -0.25) is 14.9 Å². The van der Waals surface area contributed by atoms with Crippen molar-refractivity contribution >= 4 is 34.1 Å². The molecule has 0 spiro atoms. The van der Waals surface area contributed by atoms with Crippen LogP contribution >= 0.6 is 11.6 Å². The summed E-state index contributed by atoms with van der Waals surface area (Å²) in [4.78, 5) is 21.2. The average Bonchev–Trinajstić information content (AvgIpc) is 2.70. The fourth-order valence-corrected chi connectivity index (χ4v) is 1.43. The third-order valence-electron chi connectivity index (χ3n) is 2.07. The Kier molecular flexibility index (Phi) is 2.57. The normalized spacial score (nSPS) is 10.6. The molecule has 82 valence electrons. The van der Waals surface area contributed by atoms with Crippen LogP contribution in [0.15, 0.2) is 24.4 Å². The number of fused-ring (bicyclic) bond motifs is 1. The van der Waals surface area contributed by atoms with Crippen molar-refractivity contribution in [1.82, 2.24) is 9.78 Å². The first-order valence-electron chi connectivity index (χ1n) is 4.35. The molecule has 0 saturated carbocycles. The highest BCUT2D eigenvalue weighted by Crippen LogP contribution is 2.19. The number of nitro benzene ring substituents is 1. The average molecular weight is 240 g/mol. The molecule has 0 fully saturated rings. The first-order chi connectivity index (χ1) is 7.61. The monoisotopic (exact) mass is 239 g/mol. The van der Waals surface area contributed by atoms with E-state index in [1.165, 1.54) is 18.3 Å². The van der Waals surface area contributed by atoms with Gasteiger partial charge in [-0.1, -0.05) is 0 Å². The van der Waals surface area contributed by atoms with Gasteiger partial charge in [-0.25, -0.2) is 4.68 Å². The van der Waals surface area contributed by atoms with E-state index in [0.29, 0.717) is 10.9 Å². The maximum atomic E-state index is 11.2. The highest BCUT2D eigenvalue weighted by Gasteiger charge is 2.11. The van der Waals surface area contributed by atoms with Crippen LogP contribution in [-0.4, -0.2) is 26.5 Å². The molecule has 0 radical (unpaired) electrons. The second kappa shape index (κ2) is 3.90. The molecule has 0 saturated heterocycles. The molecule has 16 heavy (non-hydrogen) atoms. The Morgan fingerprint density at radius 3 is 2.94 bits per heavy atom. The van der Waals surface area contributed by atoms with E-state index in [1.807, 2.05) is 0 Å². The molecule has 0 bridgehead atoms. The molecule has 0 atom stereocenters. The van der Waals surface area contributed by atoms with Gasteiger partial charge >= 0.3 is 0 Å². The summed E-state index contributed by atoms with van der Waals surface area (Å²) in [5.74, 6) is -0.559. The van der Waals surface area contributed by atoms with E-state index in [1.54, 1.807) is 6.07 Å². The molecule has 2 aromatic rings. The molecule has 2 rings (SSSR count). The molecule has 6 nitrogen and oxygen atoms in total. The molecule has 1 aromatic carbocycles. The lowest BCUT2D eigenvalue weighted by Crippen LogP contribution is -2.11. The second-order valence-corrected chi connectivity index (χ2v) is 3.37. The van der Waals surface area contributed by atoms with E-state index < -0.39 is 4.92 Å². The standard InChI is InChI=1S/C9H6ClN3O3/c10-4-9(14)12-5-6-1-2-7(13(15)16)3-8(6)11-12/h1-3,5H,4H2. The highest BCUT2D eigenvalue weighted by atomic mass is 35.5. The van der Waals surface area contributed by atoms with Crippen LogP contribution in [0.1, 0.15) is 4.79 Å². The molecule has 0 aliphatic rings. The van der Waals surface area contributed by atoms with Gasteiger partial charge in [0.2, 0.25) is 0 Å². The summed E-state index contributed by atoms with van der Waals surface area (Å²) in [7, 11) is 0. The van der Waals surface area contributed by atoms with Crippen LogP contribution in [0.2, 0.25) is 0 Å². The van der Waals surface area contributed by atoms with Crippen molar-refractivity contribution < 1.29 is 9.72 Å². The number of carbonyl (C=O) groups is 1. The van der Waals surface area contributed by atoms with E-state index in [2.05, 4.69) is 5.10 Å². The summed E-state index contributed by atoms with van der Waals surface area (Å²) in [6.45, 7) is 0. The van der Waals surface area contributed by atoms with Gasteiger partial charge in [-0.2, -0.15) is 5.10 Å². The Hall–Kier alpha value is -1.95. The number of rotatable bonds is 2. The first-order valence-corrected chi connectivity index (χ1v) is 4.88. The maximum Gasteiger partial charge on any atom is 0.271 e. The zero-order chi connectivity index (χ0) is 11.7. The van der Waals surface area contributed by atoms with Crippen molar-refractivity contribution in [3.05, 3.63) is 34.5 Å². The van der Waals surface area contributed by atoms with Gasteiger partial charge in [0.05, 0.1) is 10.4 Å². The summed E-state index contributed by atoms with van der Waals surface area (Å²) < 4.78 is 1.08. The summed E-state index contributed by atoms with van der Waals surface area (Å²) in [5.41, 5.74) is 0.337. The number of non-ortho nitro benzene ring substituents is 1. The fourth-order valence-electron chi connectivity index (χ4n) is 1.31. The van der Waals surface area contributed by atoms with Gasteiger partial charge in [0.25, 0.3) is 11.6 Å². The molecule has 7 heteroatoms. The van der Waals surface area contributed by atoms with Gasteiger partial charge in [0.15, 0.2) is 0 Å². The molecule has 0 amide bonds. The van der Waals surface area contributed by atoms with Crippen LogP contribution in [0, 0.1) is 10.1 Å². The molecule has 1 heterocycles. The first kappa shape index (κ1) is 10.6. The third-order valence-corrected chi connectivity index (χ3v) is 2.30. The van der Waals surface area contributed by atoms with Gasteiger partial charge in [0, 0.05) is 23.7 Å². The number of halogens is 1. The predicted molar refractivity (Wildman–Crippen MR) is 57.7 cm³/mol. The van der Waals surface area contributed by atoms with Crippen molar-refractivity contribution in [1.29, 1.82) is 0 Å². The third kappa shape index (κ3) is 1.74. The van der Waals surface area contributed by atoms with E-state index in [-0.39, 0.29) is 17.5 Å². The maximum absolute atomic E-state index is 11.2. The Balaban J connectivity index is 2.54. The minimum absolute atomic E-state index is 0.0592. The number of benzene rings is 1. The topological polar surface area (TPSA) is 78.0 Å². The van der Waals surface area contributed by atoms with Crippen molar-refractivity contribution in [3.8, 4) is 0 Å². The lowest BCUT2D eigenvalue weighted by molar-refractivity contribution is -0.384. The lowest BCUT2D eigenvalue weighted by atomic mass is 10.2. The molecule has 0 unspecified atom stereocenters. The largest absolute Gasteiger partial charge is 0.271 e. The van der Waals surface area contributed by atoms with Crippen LogP contribution in [0.25, 0.3) is 10.9 Å². The Morgan fingerprint density at radius 2 is 2.31 bits per heavy atom. The quantitative estimate of drug-likeness (QED) is 0.455. The van der Waals surface area contributed by atoms with Crippen molar-refractivity contribution in [2.24, 2.45) is 0 Å². The van der Waals surface area contributed by atoms with E-state index in [9.17, 15) is 14.9 Å². The smallest absolute Gasteiger partial charge is 0.271 e. The van der Waals surface area contributed by atoms with E-state index in [0.717, 1.165) is 4.68 Å². The Morgan fingerprint density at radius 1 is 1.56 bits per heavy atom. The summed E-state index contributed by atoms with van der Waals surface area (Å²) in [6.07, 6.45) is 1.49. The van der Waals surface area contributed by atoms with Crippen LogP contribution in [0.5, 0.6) is 0 Å². The van der Waals surface area contributed by atoms with Crippen LogP contribution in [0.4, 0.5) is 5.69 Å². The van der Waals surface area contributed by atoms with Crippen molar-refractivity contribution in [2.45, 2.75) is 0 Å². The van der Waals surface area contributed by atoms with Crippen LogP contribution < -0.4 is 0 Å². The molecule has 0 aliphatic carbocycles. The van der Waals surface area contributed by atoms with Gasteiger partial charge in [-0.05, 0) is 6.07 Å². The summed E-state index contributed by atoms with van der Waals surface area (Å²) in [5, 5.41) is 15.1. The minimum Gasteiger partial charge on any atom is -0.271 e. The number of hydrogen-bond acceptors (Lipinski definition) is 4. The number of nitrogens with zero attached hydrogens (tertiary/aromatic N) is 3. The number of alkyl halides is 1. The minimum atomic E-state index is -0.512. The van der Waals surface area contributed by atoms with E-state index >= 15 is 0 Å². The van der Waals surface area contributed by atoms with E-state index in [4.69, 9.17) is 11.6 Å². The fraction of sp³-hybridized carbons (Fsp3) is 0.111. The summed E-state index contributed by atoms with van der Waals surface area (Å²) in [6, 6.07) is 4.21. The molecule has 1 aromatic heterocycles. The molecular formula is C9H6ClN3O3. The Bertz CT molecular complexity index is 578. The highest BCUT2D eigenvalue weighted by molar-refractivity contribution is 6.27. The van der Waals surface area contributed by atoms with Crippen molar-refractivity contribution in [3.63, 3.8) is 0 Å². The lowest BCUT2D eigenvalue weighted by Gasteiger charge is -1.91. The zero-order valence-corrected chi connectivity index (χ0v) is 8.72. The summed E-state index contributed by atoms with van der Waals surface area (Å²) >= 11 is 5.38. The van der Waals surface area contributed by atoms with Gasteiger partial charge in [0.1, 0.15) is 5.88 Å². The molecule has 0 N–H and O–H groups in total. The van der Waals surface area contributed by atoms with Gasteiger partial charge < -0.3 is 0 Å². The predicted octanol–water partition coefficient (Wildman–Crippen LogP) is 1.82. The van der Waals surface area contributed by atoms with Gasteiger partial charge in [-0.15, -0.1) is 11.6 Å². The number of nitro groups is 1. The van der Waals surface area contributed by atoms with Crippen molar-refractivity contribution in [2.75, 3.05) is 5.88 Å². The van der Waals surface area contributed by atoms with Crippen LogP contribution in [0.3, 0.4) is 0 Å². The molecular weight excluding hydrogens is 234 g/mol. The Labute approximate surface area is 94.6 Å². The number of aromatic nitrogens is 2. The SMILES string of the molecule is O=C(CCl)n1cc2ccc([N+](=O)[O-])cc2n1. The zero-order valence-electron chi connectivity index (χ0n) is 7.96. The number of carbonyl (C=O) groups excluding carboxylic acids is 1. The number of hydrogen-bond donors (Lipinski definition) is 0. The molecule has 0 aliphatic heterocycles. The second-order valence-electron chi connectivity index (χ2n) is 3.10.